The van der Waals surface area contributed by atoms with E-state index in [2.05, 4.69) is 27.4 Å². The number of rotatable bonds is 6. The van der Waals surface area contributed by atoms with Crippen LogP contribution in [0.3, 0.4) is 0 Å². The highest BCUT2D eigenvalue weighted by Crippen LogP contribution is 2.24. The van der Waals surface area contributed by atoms with Gasteiger partial charge in [0.05, 0.1) is 18.2 Å². The minimum atomic E-state index is 0.0448. The van der Waals surface area contributed by atoms with Crippen LogP contribution in [0.5, 0.6) is 0 Å². The largest absolute Gasteiger partial charge is 0.350 e. The second kappa shape index (κ2) is 10.4. The van der Waals surface area contributed by atoms with E-state index in [9.17, 15) is 9.59 Å². The second-order valence-electron chi connectivity index (χ2n) is 7.82. The Kier molecular flexibility index (Phi) is 7.65. The molecule has 2 aliphatic rings. The van der Waals surface area contributed by atoms with Gasteiger partial charge in [-0.25, -0.2) is 4.79 Å². The van der Waals surface area contributed by atoms with Crippen molar-refractivity contribution >= 4 is 11.9 Å². The van der Waals surface area contributed by atoms with Gasteiger partial charge in [-0.2, -0.15) is 0 Å². The highest BCUT2D eigenvalue weighted by atomic mass is 16.2. The van der Waals surface area contributed by atoms with E-state index < -0.39 is 0 Å². The average Bonchev–Trinajstić information content (AvgIpc) is 2.76. The summed E-state index contributed by atoms with van der Waals surface area (Å²) < 4.78 is 0. The van der Waals surface area contributed by atoms with Crippen LogP contribution in [0.2, 0.25) is 0 Å². The van der Waals surface area contributed by atoms with Crippen LogP contribution in [0.1, 0.15) is 44.7 Å². The fourth-order valence-corrected chi connectivity index (χ4v) is 4.15. The summed E-state index contributed by atoms with van der Waals surface area (Å²) in [5.74, 6) is 0.176. The molecule has 0 saturated carbocycles. The number of carbonyl (C=O) groups is 2. The number of urea groups is 1. The van der Waals surface area contributed by atoms with Gasteiger partial charge < -0.3 is 15.5 Å². The molecule has 1 aromatic rings. The molecule has 0 aromatic carbocycles. The fourth-order valence-electron chi connectivity index (χ4n) is 4.15. The second-order valence-corrected chi connectivity index (χ2v) is 7.82. The smallest absolute Gasteiger partial charge is 0.317 e. The third kappa shape index (κ3) is 5.67. The van der Waals surface area contributed by atoms with Gasteiger partial charge in [0.2, 0.25) is 5.91 Å². The molecule has 28 heavy (non-hydrogen) atoms. The molecule has 0 radical (unpaired) electrons. The van der Waals surface area contributed by atoms with Gasteiger partial charge in [0.15, 0.2) is 0 Å². The molecule has 1 atom stereocenters. The van der Waals surface area contributed by atoms with Crippen molar-refractivity contribution in [3.63, 3.8) is 0 Å². The van der Waals surface area contributed by atoms with Gasteiger partial charge in [-0.3, -0.25) is 14.7 Å². The van der Waals surface area contributed by atoms with E-state index in [-0.39, 0.29) is 17.9 Å². The first kappa shape index (κ1) is 20.6. The van der Waals surface area contributed by atoms with E-state index in [1.807, 2.05) is 23.1 Å². The number of pyridine rings is 1. The number of nitrogens with zero attached hydrogens (tertiary/aromatic N) is 3. The van der Waals surface area contributed by atoms with Crippen molar-refractivity contribution in [1.82, 2.24) is 25.4 Å². The van der Waals surface area contributed by atoms with Crippen molar-refractivity contribution in [2.45, 2.75) is 51.6 Å². The lowest BCUT2D eigenvalue weighted by Gasteiger charge is -2.42. The number of likely N-dealkylation sites (tertiary alicyclic amines) is 2. The van der Waals surface area contributed by atoms with Gasteiger partial charge in [-0.1, -0.05) is 13.0 Å². The summed E-state index contributed by atoms with van der Waals surface area (Å²) in [6, 6.07) is 6.28. The third-order valence-corrected chi connectivity index (χ3v) is 5.79. The Hall–Kier alpha value is -2.15. The van der Waals surface area contributed by atoms with E-state index in [1.54, 1.807) is 6.20 Å². The van der Waals surface area contributed by atoms with Crippen molar-refractivity contribution in [2.75, 3.05) is 32.7 Å². The molecule has 2 N–H and O–H groups in total. The van der Waals surface area contributed by atoms with Gasteiger partial charge in [-0.05, 0) is 50.8 Å². The third-order valence-electron chi connectivity index (χ3n) is 5.79. The summed E-state index contributed by atoms with van der Waals surface area (Å²) in [4.78, 5) is 33.4. The molecule has 3 heterocycles. The maximum absolute atomic E-state index is 12.6. The molecule has 154 valence electrons. The first-order valence-corrected chi connectivity index (χ1v) is 10.6. The van der Waals surface area contributed by atoms with E-state index in [1.165, 1.54) is 0 Å². The molecule has 7 heteroatoms. The summed E-state index contributed by atoms with van der Waals surface area (Å²) in [7, 11) is 0. The Bertz CT molecular complexity index is 631. The van der Waals surface area contributed by atoms with Crippen LogP contribution in [0, 0.1) is 5.92 Å². The van der Waals surface area contributed by atoms with Gasteiger partial charge >= 0.3 is 6.03 Å². The van der Waals surface area contributed by atoms with Crippen LogP contribution in [0.15, 0.2) is 24.4 Å². The van der Waals surface area contributed by atoms with Crippen molar-refractivity contribution < 1.29 is 9.59 Å². The summed E-state index contributed by atoms with van der Waals surface area (Å²) in [6.07, 6.45) is 6.68. The summed E-state index contributed by atoms with van der Waals surface area (Å²) in [5.41, 5.74) is 0.886. The molecule has 7 nitrogen and oxygen atoms in total. The van der Waals surface area contributed by atoms with E-state index >= 15 is 0 Å². The van der Waals surface area contributed by atoms with E-state index in [4.69, 9.17) is 0 Å². The Morgan fingerprint density at radius 3 is 2.68 bits per heavy atom. The predicted octanol–water partition coefficient (Wildman–Crippen LogP) is 1.99. The first-order chi connectivity index (χ1) is 13.7. The van der Waals surface area contributed by atoms with Crippen molar-refractivity contribution in [3.8, 4) is 0 Å². The van der Waals surface area contributed by atoms with E-state index in [0.29, 0.717) is 12.6 Å². The minimum absolute atomic E-state index is 0.0448. The predicted molar refractivity (Wildman–Crippen MR) is 109 cm³/mol. The maximum Gasteiger partial charge on any atom is 0.317 e. The normalized spacial score (nSPS) is 21.3. The summed E-state index contributed by atoms with van der Waals surface area (Å²) in [5, 5.41) is 6.01. The number of aromatic nitrogens is 1. The number of amides is 3. The lowest BCUT2D eigenvalue weighted by molar-refractivity contribution is -0.127. The minimum Gasteiger partial charge on any atom is -0.350 e. The number of piperidine rings is 2. The molecule has 3 rings (SSSR count). The monoisotopic (exact) mass is 387 g/mol. The molecule has 2 aliphatic heterocycles. The van der Waals surface area contributed by atoms with Crippen LogP contribution in [-0.4, -0.2) is 65.5 Å². The van der Waals surface area contributed by atoms with Crippen LogP contribution in [0.25, 0.3) is 0 Å². The molecule has 0 unspecified atom stereocenters. The molecule has 0 bridgehead atoms. The molecular weight excluding hydrogens is 354 g/mol. The number of carbonyl (C=O) groups excluding carboxylic acids is 2. The maximum atomic E-state index is 12.6. The van der Waals surface area contributed by atoms with Gasteiger partial charge in [0, 0.05) is 38.4 Å². The topological polar surface area (TPSA) is 77.6 Å². The Morgan fingerprint density at radius 2 is 1.96 bits per heavy atom. The fraction of sp³-hybridized carbons (Fsp3) is 0.667. The molecular formula is C21H33N5O2. The van der Waals surface area contributed by atoms with Crippen LogP contribution in [-0.2, 0) is 11.3 Å². The SMILES string of the molecule is CCCNC(=O)N1CCC(N2CCC[C@@H](C(=O)NCc3ccccn3)C2)CC1. The molecule has 2 fully saturated rings. The summed E-state index contributed by atoms with van der Waals surface area (Å²) in [6.45, 7) is 6.76. The number of hydrogen-bond acceptors (Lipinski definition) is 4. The van der Waals surface area contributed by atoms with Gasteiger partial charge in [0.25, 0.3) is 0 Å². The van der Waals surface area contributed by atoms with Crippen LogP contribution < -0.4 is 10.6 Å². The lowest BCUT2D eigenvalue weighted by atomic mass is 9.93. The molecule has 3 amide bonds. The quantitative estimate of drug-likeness (QED) is 0.783. The Labute approximate surface area is 167 Å². The standard InChI is InChI=1S/C21H33N5O2/c1-2-10-23-21(28)25-13-8-19(9-14-25)26-12-5-6-17(16-26)20(27)24-15-18-7-3-4-11-22-18/h3-4,7,11,17,19H,2,5-6,8-10,12-16H2,1H3,(H,23,28)(H,24,27)/t17-/m1/s1. The van der Waals surface area contributed by atoms with Gasteiger partial charge in [0.1, 0.15) is 0 Å². The molecule has 1 aromatic heterocycles. The highest BCUT2D eigenvalue weighted by Gasteiger charge is 2.32. The van der Waals surface area contributed by atoms with Crippen molar-refractivity contribution in [1.29, 1.82) is 0 Å². The number of nitrogens with one attached hydrogen (secondary N) is 2. The zero-order chi connectivity index (χ0) is 19.8. The average molecular weight is 388 g/mol. The van der Waals surface area contributed by atoms with Crippen molar-refractivity contribution in [2.24, 2.45) is 5.92 Å². The zero-order valence-corrected chi connectivity index (χ0v) is 16.9. The van der Waals surface area contributed by atoms with Crippen molar-refractivity contribution in [3.05, 3.63) is 30.1 Å². The van der Waals surface area contributed by atoms with Crippen LogP contribution in [0.4, 0.5) is 4.79 Å². The highest BCUT2D eigenvalue weighted by molar-refractivity contribution is 5.79. The van der Waals surface area contributed by atoms with E-state index in [0.717, 1.165) is 70.5 Å². The Balaban J connectivity index is 1.43. The molecule has 0 spiro atoms. The summed E-state index contributed by atoms with van der Waals surface area (Å²) >= 11 is 0. The first-order valence-electron chi connectivity index (χ1n) is 10.6. The van der Waals surface area contributed by atoms with Crippen LogP contribution >= 0.6 is 0 Å². The lowest BCUT2D eigenvalue weighted by Crippen LogP contribution is -2.52. The number of hydrogen-bond donors (Lipinski definition) is 2. The Morgan fingerprint density at radius 1 is 1.14 bits per heavy atom. The molecule has 2 saturated heterocycles. The van der Waals surface area contributed by atoms with Gasteiger partial charge in [-0.15, -0.1) is 0 Å². The zero-order valence-electron chi connectivity index (χ0n) is 16.9. The molecule has 0 aliphatic carbocycles.